The molecule has 1 aliphatic carbocycles. The van der Waals surface area contributed by atoms with Gasteiger partial charge in [-0.1, -0.05) is 0 Å². The van der Waals surface area contributed by atoms with Crippen molar-refractivity contribution in [1.82, 2.24) is 15.0 Å². The van der Waals surface area contributed by atoms with Crippen molar-refractivity contribution < 1.29 is 9.47 Å². The first-order valence-electron chi connectivity index (χ1n) is 5.90. The predicted octanol–water partition coefficient (Wildman–Crippen LogP) is 0.00430. The fourth-order valence-electron chi connectivity index (χ4n) is 1.36. The van der Waals surface area contributed by atoms with E-state index in [0.29, 0.717) is 19.1 Å². The van der Waals surface area contributed by atoms with E-state index in [9.17, 15) is 0 Å². The Labute approximate surface area is 105 Å². The molecule has 0 saturated heterocycles. The monoisotopic (exact) mass is 254 g/mol. The molecule has 0 atom stereocenters. The average Bonchev–Trinajstić information content (AvgIpc) is 3.22. The summed E-state index contributed by atoms with van der Waals surface area (Å²) in [4.78, 5) is 12.0. The highest BCUT2D eigenvalue weighted by Crippen LogP contribution is 2.28. The fraction of sp³-hybridized carbons (Fsp3) is 0.700. The first kappa shape index (κ1) is 12.8. The number of hydrogen-bond donors (Lipinski definition) is 3. The lowest BCUT2D eigenvalue weighted by molar-refractivity contribution is 0.133. The van der Waals surface area contributed by atoms with Gasteiger partial charge < -0.3 is 14.8 Å². The van der Waals surface area contributed by atoms with E-state index < -0.39 is 0 Å². The number of aromatic nitrogens is 3. The zero-order valence-corrected chi connectivity index (χ0v) is 10.3. The molecule has 0 bridgehead atoms. The summed E-state index contributed by atoms with van der Waals surface area (Å²) in [7, 11) is 1.48. The van der Waals surface area contributed by atoms with Crippen LogP contribution >= 0.6 is 0 Å². The molecule has 18 heavy (non-hydrogen) atoms. The fourth-order valence-corrected chi connectivity index (χ4v) is 1.36. The highest BCUT2D eigenvalue weighted by molar-refractivity contribution is 5.34. The minimum absolute atomic E-state index is 0.208. The van der Waals surface area contributed by atoms with Gasteiger partial charge in [-0.3, -0.25) is 5.43 Å². The third-order valence-corrected chi connectivity index (χ3v) is 2.51. The number of hydrogen-bond acceptors (Lipinski definition) is 8. The van der Waals surface area contributed by atoms with Crippen LogP contribution in [0.15, 0.2) is 0 Å². The Balaban J connectivity index is 1.75. The number of hydrazine groups is 1. The van der Waals surface area contributed by atoms with Crippen molar-refractivity contribution >= 4 is 11.9 Å². The molecule has 1 aromatic rings. The van der Waals surface area contributed by atoms with E-state index in [1.807, 2.05) is 0 Å². The van der Waals surface area contributed by atoms with Crippen LogP contribution in [0.4, 0.5) is 11.9 Å². The third-order valence-electron chi connectivity index (χ3n) is 2.51. The summed E-state index contributed by atoms with van der Waals surface area (Å²) in [5.41, 5.74) is 2.35. The zero-order chi connectivity index (χ0) is 12.8. The maximum Gasteiger partial charge on any atom is 0.322 e. The van der Waals surface area contributed by atoms with Gasteiger partial charge >= 0.3 is 6.01 Å². The van der Waals surface area contributed by atoms with E-state index in [-0.39, 0.29) is 12.0 Å². The maximum atomic E-state index is 5.49. The van der Waals surface area contributed by atoms with Gasteiger partial charge in [-0.25, -0.2) is 5.84 Å². The summed E-state index contributed by atoms with van der Waals surface area (Å²) >= 11 is 0. The molecule has 0 amide bonds. The molecule has 0 aliphatic heterocycles. The van der Waals surface area contributed by atoms with Crippen molar-refractivity contribution in [2.24, 2.45) is 11.8 Å². The molecule has 100 valence electrons. The van der Waals surface area contributed by atoms with Gasteiger partial charge in [0.25, 0.3) is 0 Å². The molecule has 1 fully saturated rings. The standard InChI is InChI=1S/C10H18N6O2/c1-17-10-14-8(13-9(15-10)16-11)12-4-5-18-6-7-2-3-7/h7H,2-6,11H2,1H3,(H2,12,13,14,15,16). The smallest absolute Gasteiger partial charge is 0.322 e. The number of nitrogens with two attached hydrogens (primary N) is 1. The van der Waals surface area contributed by atoms with E-state index in [1.54, 1.807) is 0 Å². The second-order valence-corrected chi connectivity index (χ2v) is 4.06. The second-order valence-electron chi connectivity index (χ2n) is 4.06. The third kappa shape index (κ3) is 3.97. The number of anilines is 2. The Morgan fingerprint density at radius 3 is 2.72 bits per heavy atom. The second kappa shape index (κ2) is 6.31. The Hall–Kier alpha value is -1.67. The summed E-state index contributed by atoms with van der Waals surface area (Å²) in [5, 5.41) is 3.03. The Kier molecular flexibility index (Phi) is 4.48. The molecule has 4 N–H and O–H groups in total. The lowest BCUT2D eigenvalue weighted by atomic mass is 10.5. The van der Waals surface area contributed by atoms with Crippen LogP contribution in [0.1, 0.15) is 12.8 Å². The SMILES string of the molecule is COc1nc(NN)nc(NCCOCC2CC2)n1. The molecule has 1 aromatic heterocycles. The first-order chi connectivity index (χ1) is 8.81. The Bertz CT molecular complexity index is 362. The molecule has 0 unspecified atom stereocenters. The van der Waals surface area contributed by atoms with Gasteiger partial charge in [-0.15, -0.1) is 0 Å². The number of ether oxygens (including phenoxy) is 2. The van der Waals surface area contributed by atoms with Crippen LogP contribution in [0.5, 0.6) is 6.01 Å². The summed E-state index contributed by atoms with van der Waals surface area (Å²) in [6, 6.07) is 0.208. The van der Waals surface area contributed by atoms with Crippen LogP contribution < -0.4 is 21.3 Å². The molecule has 0 spiro atoms. The first-order valence-corrected chi connectivity index (χ1v) is 5.90. The minimum atomic E-state index is 0.208. The highest BCUT2D eigenvalue weighted by Gasteiger charge is 2.20. The highest BCUT2D eigenvalue weighted by atomic mass is 16.5. The van der Waals surface area contributed by atoms with Gasteiger partial charge in [0.2, 0.25) is 11.9 Å². The van der Waals surface area contributed by atoms with E-state index >= 15 is 0 Å². The normalized spacial score (nSPS) is 14.3. The van der Waals surface area contributed by atoms with Crippen LogP contribution in [-0.2, 0) is 4.74 Å². The molecular formula is C10H18N6O2. The number of nitrogen functional groups attached to an aromatic ring is 1. The quantitative estimate of drug-likeness (QED) is 0.338. The number of rotatable bonds is 8. The summed E-state index contributed by atoms with van der Waals surface area (Å²) in [5.74, 6) is 6.68. The molecule has 8 nitrogen and oxygen atoms in total. The van der Waals surface area contributed by atoms with Gasteiger partial charge in [0.15, 0.2) is 0 Å². The lowest BCUT2D eigenvalue weighted by Crippen LogP contribution is -2.16. The van der Waals surface area contributed by atoms with Crippen molar-refractivity contribution in [2.45, 2.75) is 12.8 Å². The van der Waals surface area contributed by atoms with E-state index in [2.05, 4.69) is 25.7 Å². The number of methoxy groups -OCH3 is 1. The topological polar surface area (TPSA) is 107 Å². The van der Waals surface area contributed by atoms with Crippen molar-refractivity contribution in [2.75, 3.05) is 37.6 Å². The van der Waals surface area contributed by atoms with Gasteiger partial charge in [0.1, 0.15) is 0 Å². The van der Waals surface area contributed by atoms with Crippen molar-refractivity contribution in [3.8, 4) is 6.01 Å². The lowest BCUT2D eigenvalue weighted by Gasteiger charge is -2.08. The van der Waals surface area contributed by atoms with Gasteiger partial charge in [0.05, 0.1) is 13.7 Å². The molecule has 2 rings (SSSR count). The van der Waals surface area contributed by atoms with Crippen LogP contribution in [0.25, 0.3) is 0 Å². The molecule has 1 heterocycles. The van der Waals surface area contributed by atoms with Crippen LogP contribution in [-0.4, -0.2) is 41.8 Å². The number of nitrogens with zero attached hydrogens (tertiary/aromatic N) is 3. The van der Waals surface area contributed by atoms with Crippen molar-refractivity contribution in [1.29, 1.82) is 0 Å². The summed E-state index contributed by atoms with van der Waals surface area (Å²) in [6.45, 7) is 2.09. The van der Waals surface area contributed by atoms with Crippen molar-refractivity contribution in [3.05, 3.63) is 0 Å². The van der Waals surface area contributed by atoms with Gasteiger partial charge in [0, 0.05) is 13.2 Å². The molecule has 0 aromatic carbocycles. The van der Waals surface area contributed by atoms with Crippen molar-refractivity contribution in [3.63, 3.8) is 0 Å². The van der Waals surface area contributed by atoms with Gasteiger partial charge in [-0.05, 0) is 18.8 Å². The van der Waals surface area contributed by atoms with E-state index in [0.717, 1.165) is 12.5 Å². The van der Waals surface area contributed by atoms with Gasteiger partial charge in [-0.2, -0.15) is 15.0 Å². The minimum Gasteiger partial charge on any atom is -0.467 e. The van der Waals surface area contributed by atoms with E-state index in [1.165, 1.54) is 20.0 Å². The maximum absolute atomic E-state index is 5.49. The molecule has 1 aliphatic rings. The van der Waals surface area contributed by atoms with Crippen LogP contribution in [0.2, 0.25) is 0 Å². The Morgan fingerprint density at radius 1 is 1.28 bits per heavy atom. The van der Waals surface area contributed by atoms with Crippen LogP contribution in [0, 0.1) is 5.92 Å². The average molecular weight is 254 g/mol. The zero-order valence-electron chi connectivity index (χ0n) is 10.3. The van der Waals surface area contributed by atoms with E-state index in [4.69, 9.17) is 15.3 Å². The molecular weight excluding hydrogens is 236 g/mol. The summed E-state index contributed by atoms with van der Waals surface area (Å²) < 4.78 is 10.4. The predicted molar refractivity (Wildman–Crippen MR) is 66.2 cm³/mol. The molecule has 0 radical (unpaired) electrons. The number of nitrogens with one attached hydrogen (secondary N) is 2. The summed E-state index contributed by atoms with van der Waals surface area (Å²) in [6.07, 6.45) is 2.59. The molecule has 8 heteroatoms. The molecule has 1 saturated carbocycles. The Morgan fingerprint density at radius 2 is 2.06 bits per heavy atom. The largest absolute Gasteiger partial charge is 0.467 e. The van der Waals surface area contributed by atoms with Crippen LogP contribution in [0.3, 0.4) is 0 Å².